The van der Waals surface area contributed by atoms with Crippen LogP contribution in [0.15, 0.2) is 47.5 Å². The smallest absolute Gasteiger partial charge is 0.231 e. The van der Waals surface area contributed by atoms with E-state index >= 15 is 0 Å². The zero-order valence-corrected chi connectivity index (χ0v) is 15.3. The van der Waals surface area contributed by atoms with E-state index in [0.29, 0.717) is 24.6 Å². The zero-order valence-electron chi connectivity index (χ0n) is 15.3. The molecule has 1 aliphatic heterocycles. The maximum Gasteiger partial charge on any atom is 0.231 e. The van der Waals surface area contributed by atoms with Gasteiger partial charge in [-0.25, -0.2) is 4.39 Å². The minimum atomic E-state index is -0.373. The number of halogens is 1. The van der Waals surface area contributed by atoms with Crippen molar-refractivity contribution >= 4 is 5.96 Å². The van der Waals surface area contributed by atoms with E-state index in [4.69, 9.17) is 9.47 Å². The molecule has 1 heterocycles. The molecule has 0 aliphatic carbocycles. The van der Waals surface area contributed by atoms with Gasteiger partial charge < -0.3 is 20.1 Å². The standard InChI is InChI=1S/C20H24FN3O2/c1-20(2,15-6-4-5-7-16(15)21)12-24-19(22-3)23-11-14-8-9-17-18(10-14)26-13-25-17/h4-10H,11-13H2,1-3H3,(H2,22,23,24). The van der Waals surface area contributed by atoms with Gasteiger partial charge in [-0.3, -0.25) is 4.99 Å². The Labute approximate surface area is 153 Å². The average molecular weight is 357 g/mol. The van der Waals surface area contributed by atoms with E-state index < -0.39 is 0 Å². The van der Waals surface area contributed by atoms with Gasteiger partial charge in [0.25, 0.3) is 0 Å². The topological polar surface area (TPSA) is 54.9 Å². The SMILES string of the molecule is CN=C(NCc1ccc2c(c1)OCO2)NCC(C)(C)c1ccccc1F. The average Bonchev–Trinajstić information content (AvgIpc) is 3.10. The molecule has 0 unspecified atom stereocenters. The predicted octanol–water partition coefficient (Wildman–Crippen LogP) is 3.20. The lowest BCUT2D eigenvalue weighted by Gasteiger charge is -2.27. The fourth-order valence-electron chi connectivity index (χ4n) is 2.87. The third-order valence-electron chi connectivity index (χ3n) is 4.42. The van der Waals surface area contributed by atoms with Crippen molar-refractivity contribution in [2.24, 2.45) is 4.99 Å². The van der Waals surface area contributed by atoms with Crippen LogP contribution < -0.4 is 20.1 Å². The highest BCUT2D eigenvalue weighted by Crippen LogP contribution is 2.32. The number of guanidine groups is 1. The summed E-state index contributed by atoms with van der Waals surface area (Å²) in [5, 5.41) is 6.54. The lowest BCUT2D eigenvalue weighted by molar-refractivity contribution is 0.174. The van der Waals surface area contributed by atoms with Crippen LogP contribution in [0.1, 0.15) is 25.0 Å². The molecule has 26 heavy (non-hydrogen) atoms. The van der Waals surface area contributed by atoms with Gasteiger partial charge in [-0.1, -0.05) is 38.1 Å². The van der Waals surface area contributed by atoms with Gasteiger partial charge >= 0.3 is 0 Å². The lowest BCUT2D eigenvalue weighted by atomic mass is 9.84. The normalized spacial score (nSPS) is 13.6. The molecule has 2 N–H and O–H groups in total. The van der Waals surface area contributed by atoms with Crippen molar-refractivity contribution in [2.75, 3.05) is 20.4 Å². The summed E-state index contributed by atoms with van der Waals surface area (Å²) in [5.74, 6) is 1.99. The Balaban J connectivity index is 1.57. The molecule has 5 nitrogen and oxygen atoms in total. The van der Waals surface area contributed by atoms with Crippen LogP contribution in [-0.4, -0.2) is 26.3 Å². The number of aliphatic imine (C=N–C) groups is 1. The molecule has 2 aromatic rings. The molecule has 0 spiro atoms. The molecule has 0 atom stereocenters. The van der Waals surface area contributed by atoms with Gasteiger partial charge in [0.1, 0.15) is 5.82 Å². The maximum atomic E-state index is 14.1. The minimum absolute atomic E-state index is 0.192. The predicted molar refractivity (Wildman–Crippen MR) is 100 cm³/mol. The number of rotatable bonds is 5. The Hall–Kier alpha value is -2.76. The molecule has 6 heteroatoms. The number of nitrogens with zero attached hydrogens (tertiary/aromatic N) is 1. The number of hydrogen-bond acceptors (Lipinski definition) is 3. The number of hydrogen-bond donors (Lipinski definition) is 2. The van der Waals surface area contributed by atoms with E-state index in [0.717, 1.165) is 17.1 Å². The van der Waals surface area contributed by atoms with Gasteiger partial charge in [-0.05, 0) is 29.3 Å². The third kappa shape index (κ3) is 4.07. The first kappa shape index (κ1) is 18.0. The fourth-order valence-corrected chi connectivity index (χ4v) is 2.87. The van der Waals surface area contributed by atoms with Gasteiger partial charge in [-0.15, -0.1) is 0 Å². The first-order valence-electron chi connectivity index (χ1n) is 8.57. The third-order valence-corrected chi connectivity index (χ3v) is 4.42. The van der Waals surface area contributed by atoms with Gasteiger partial charge in [0, 0.05) is 25.6 Å². The van der Waals surface area contributed by atoms with Gasteiger partial charge in [0.2, 0.25) is 6.79 Å². The second kappa shape index (κ2) is 7.64. The highest BCUT2D eigenvalue weighted by molar-refractivity contribution is 5.79. The van der Waals surface area contributed by atoms with Crippen LogP contribution in [0, 0.1) is 5.82 Å². The van der Waals surface area contributed by atoms with Crippen molar-refractivity contribution in [3.05, 3.63) is 59.4 Å². The molecule has 0 fully saturated rings. The molecule has 0 saturated carbocycles. The van der Waals surface area contributed by atoms with Crippen molar-refractivity contribution < 1.29 is 13.9 Å². The molecule has 2 aromatic carbocycles. The summed E-state index contributed by atoms with van der Waals surface area (Å²) < 4.78 is 24.8. The Morgan fingerprint density at radius 1 is 1.12 bits per heavy atom. The van der Waals surface area contributed by atoms with E-state index in [1.165, 1.54) is 6.07 Å². The summed E-state index contributed by atoms with van der Waals surface area (Å²) in [6, 6.07) is 12.7. The van der Waals surface area contributed by atoms with Crippen LogP contribution in [0.5, 0.6) is 11.5 Å². The molecular weight excluding hydrogens is 333 g/mol. The Kier molecular flexibility index (Phi) is 5.30. The molecular formula is C20H24FN3O2. The van der Waals surface area contributed by atoms with Crippen molar-refractivity contribution in [1.82, 2.24) is 10.6 Å². The fraction of sp³-hybridized carbons (Fsp3) is 0.350. The van der Waals surface area contributed by atoms with Crippen LogP contribution >= 0.6 is 0 Å². The highest BCUT2D eigenvalue weighted by Gasteiger charge is 2.24. The van der Waals surface area contributed by atoms with E-state index in [-0.39, 0.29) is 18.0 Å². The first-order chi connectivity index (χ1) is 12.5. The first-order valence-corrected chi connectivity index (χ1v) is 8.57. The summed E-state index contributed by atoms with van der Waals surface area (Å²) >= 11 is 0. The van der Waals surface area contributed by atoms with Crippen molar-refractivity contribution in [2.45, 2.75) is 25.8 Å². The molecule has 0 aromatic heterocycles. The molecule has 0 bridgehead atoms. The van der Waals surface area contributed by atoms with Crippen molar-refractivity contribution in [1.29, 1.82) is 0 Å². The minimum Gasteiger partial charge on any atom is -0.454 e. The van der Waals surface area contributed by atoms with E-state index in [2.05, 4.69) is 15.6 Å². The largest absolute Gasteiger partial charge is 0.454 e. The number of nitrogens with one attached hydrogen (secondary N) is 2. The maximum absolute atomic E-state index is 14.1. The zero-order chi connectivity index (χ0) is 18.6. The summed E-state index contributed by atoms with van der Waals surface area (Å²) in [6.45, 7) is 5.42. The molecule has 0 radical (unpaired) electrons. The monoisotopic (exact) mass is 357 g/mol. The summed E-state index contributed by atoms with van der Waals surface area (Å²) in [6.07, 6.45) is 0. The van der Waals surface area contributed by atoms with Crippen LogP contribution in [0.4, 0.5) is 4.39 Å². The number of fused-ring (bicyclic) bond motifs is 1. The Morgan fingerprint density at radius 2 is 1.88 bits per heavy atom. The Morgan fingerprint density at radius 3 is 2.65 bits per heavy atom. The second-order valence-electron chi connectivity index (χ2n) is 6.83. The molecule has 0 saturated heterocycles. The quantitative estimate of drug-likeness (QED) is 0.637. The number of benzene rings is 2. The molecule has 3 rings (SSSR count). The second-order valence-corrected chi connectivity index (χ2v) is 6.83. The van der Waals surface area contributed by atoms with Crippen molar-refractivity contribution in [3.8, 4) is 11.5 Å². The summed E-state index contributed by atoms with van der Waals surface area (Å²) in [7, 11) is 1.71. The molecule has 0 amide bonds. The molecule has 138 valence electrons. The summed E-state index contributed by atoms with van der Waals surface area (Å²) in [4.78, 5) is 4.24. The Bertz CT molecular complexity index is 805. The van der Waals surface area contributed by atoms with Crippen LogP contribution in [0.3, 0.4) is 0 Å². The van der Waals surface area contributed by atoms with Crippen molar-refractivity contribution in [3.63, 3.8) is 0 Å². The van der Waals surface area contributed by atoms with Gasteiger partial charge in [0.05, 0.1) is 0 Å². The van der Waals surface area contributed by atoms with E-state index in [1.54, 1.807) is 13.1 Å². The highest BCUT2D eigenvalue weighted by atomic mass is 19.1. The van der Waals surface area contributed by atoms with Gasteiger partial charge in [-0.2, -0.15) is 0 Å². The summed E-state index contributed by atoms with van der Waals surface area (Å²) in [5.41, 5.74) is 1.37. The van der Waals surface area contributed by atoms with E-state index in [1.807, 2.05) is 44.2 Å². The van der Waals surface area contributed by atoms with Crippen LogP contribution in [-0.2, 0) is 12.0 Å². The molecule has 1 aliphatic rings. The van der Waals surface area contributed by atoms with Crippen LogP contribution in [0.25, 0.3) is 0 Å². The van der Waals surface area contributed by atoms with Gasteiger partial charge in [0.15, 0.2) is 17.5 Å². The van der Waals surface area contributed by atoms with Crippen LogP contribution in [0.2, 0.25) is 0 Å². The lowest BCUT2D eigenvalue weighted by Crippen LogP contribution is -2.43. The van der Waals surface area contributed by atoms with E-state index in [9.17, 15) is 4.39 Å². The number of ether oxygens (including phenoxy) is 2.